The highest BCUT2D eigenvalue weighted by atomic mass is 16.5. The average molecular weight is 326 g/mol. The highest BCUT2D eigenvalue weighted by Crippen LogP contribution is 2.36. The Labute approximate surface area is 143 Å². The molecular formula is C20H26N2O2. The first-order valence-corrected chi connectivity index (χ1v) is 9.14. The van der Waals surface area contributed by atoms with E-state index >= 15 is 0 Å². The van der Waals surface area contributed by atoms with Crippen LogP contribution in [0.15, 0.2) is 34.9 Å². The zero-order valence-corrected chi connectivity index (χ0v) is 14.4. The molecule has 2 fully saturated rings. The van der Waals surface area contributed by atoms with Crippen LogP contribution < -0.4 is 4.74 Å². The third-order valence-corrected chi connectivity index (χ3v) is 5.70. The molecule has 1 aliphatic carbocycles. The predicted molar refractivity (Wildman–Crippen MR) is 93.8 cm³/mol. The minimum absolute atomic E-state index is 0.859. The summed E-state index contributed by atoms with van der Waals surface area (Å²) in [4.78, 5) is 2.55. The first-order valence-electron chi connectivity index (χ1n) is 9.14. The van der Waals surface area contributed by atoms with Gasteiger partial charge in [0.25, 0.3) is 0 Å². The van der Waals surface area contributed by atoms with Crippen molar-refractivity contribution in [2.75, 3.05) is 20.2 Å². The standard InChI is InChI=1S/C20H26N2O2/c1-23-18-8-6-16(7-9-18)20-12-19(24-21-20)14-22-11-10-15-4-2-3-5-17(15)13-22/h6-9,12,15,17H,2-5,10-11,13-14H2,1H3. The van der Waals surface area contributed by atoms with E-state index in [-0.39, 0.29) is 0 Å². The molecule has 1 aliphatic heterocycles. The van der Waals surface area contributed by atoms with Crippen molar-refractivity contribution >= 4 is 0 Å². The van der Waals surface area contributed by atoms with E-state index in [0.29, 0.717) is 0 Å². The van der Waals surface area contributed by atoms with Crippen LogP contribution in [0, 0.1) is 11.8 Å². The molecule has 4 heteroatoms. The minimum atomic E-state index is 0.859. The summed E-state index contributed by atoms with van der Waals surface area (Å²) in [5.74, 6) is 3.70. The molecule has 128 valence electrons. The zero-order valence-electron chi connectivity index (χ0n) is 14.4. The first kappa shape index (κ1) is 15.7. The molecule has 0 radical (unpaired) electrons. The lowest BCUT2D eigenvalue weighted by atomic mass is 9.75. The van der Waals surface area contributed by atoms with E-state index in [4.69, 9.17) is 9.26 Å². The van der Waals surface area contributed by atoms with Crippen LogP contribution in [0.4, 0.5) is 0 Å². The summed E-state index contributed by atoms with van der Waals surface area (Å²) in [7, 11) is 1.68. The fourth-order valence-corrected chi connectivity index (χ4v) is 4.33. The van der Waals surface area contributed by atoms with Gasteiger partial charge in [0.15, 0.2) is 5.76 Å². The topological polar surface area (TPSA) is 38.5 Å². The Balaban J connectivity index is 1.39. The first-order chi connectivity index (χ1) is 11.8. The Morgan fingerprint density at radius 1 is 1.12 bits per heavy atom. The smallest absolute Gasteiger partial charge is 0.151 e. The van der Waals surface area contributed by atoms with Gasteiger partial charge < -0.3 is 9.26 Å². The van der Waals surface area contributed by atoms with Gasteiger partial charge in [-0.3, -0.25) is 4.90 Å². The van der Waals surface area contributed by atoms with Crippen molar-refractivity contribution in [1.82, 2.24) is 10.1 Å². The van der Waals surface area contributed by atoms with E-state index in [1.807, 2.05) is 24.3 Å². The van der Waals surface area contributed by atoms with Gasteiger partial charge in [-0.2, -0.15) is 0 Å². The van der Waals surface area contributed by atoms with Crippen LogP contribution in [0.2, 0.25) is 0 Å². The Bertz CT molecular complexity index is 665. The maximum Gasteiger partial charge on any atom is 0.151 e. The number of nitrogens with zero attached hydrogens (tertiary/aromatic N) is 2. The van der Waals surface area contributed by atoms with Gasteiger partial charge >= 0.3 is 0 Å². The van der Waals surface area contributed by atoms with Gasteiger partial charge in [-0.15, -0.1) is 0 Å². The molecule has 0 spiro atoms. The molecule has 1 aromatic carbocycles. The van der Waals surface area contributed by atoms with Crippen molar-refractivity contribution in [2.24, 2.45) is 11.8 Å². The van der Waals surface area contributed by atoms with Crippen LogP contribution in [0.25, 0.3) is 11.3 Å². The second-order valence-electron chi connectivity index (χ2n) is 7.24. The number of likely N-dealkylation sites (tertiary alicyclic amines) is 1. The molecule has 2 aromatic rings. The Morgan fingerprint density at radius 3 is 2.71 bits per heavy atom. The van der Waals surface area contributed by atoms with E-state index in [1.54, 1.807) is 7.11 Å². The number of benzene rings is 1. The highest BCUT2D eigenvalue weighted by Gasteiger charge is 2.31. The SMILES string of the molecule is COc1ccc(-c2cc(CN3CCC4CCCCC4C3)on2)cc1. The molecule has 0 N–H and O–H groups in total. The second kappa shape index (κ2) is 6.98. The monoisotopic (exact) mass is 326 g/mol. The molecule has 1 saturated carbocycles. The van der Waals surface area contributed by atoms with Gasteiger partial charge in [0, 0.05) is 18.2 Å². The summed E-state index contributed by atoms with van der Waals surface area (Å²) < 4.78 is 10.8. The van der Waals surface area contributed by atoms with Gasteiger partial charge in [0.2, 0.25) is 0 Å². The van der Waals surface area contributed by atoms with E-state index < -0.39 is 0 Å². The van der Waals surface area contributed by atoms with E-state index in [9.17, 15) is 0 Å². The molecule has 2 unspecified atom stereocenters. The van der Waals surface area contributed by atoms with Crippen molar-refractivity contribution in [1.29, 1.82) is 0 Å². The minimum Gasteiger partial charge on any atom is -0.497 e. The predicted octanol–water partition coefficient (Wildman–Crippen LogP) is 4.36. The molecule has 2 heterocycles. The summed E-state index contributed by atoms with van der Waals surface area (Å²) in [6.45, 7) is 3.30. The second-order valence-corrected chi connectivity index (χ2v) is 7.24. The van der Waals surface area contributed by atoms with Crippen molar-refractivity contribution in [3.8, 4) is 17.0 Å². The average Bonchev–Trinajstić information content (AvgIpc) is 3.10. The number of hydrogen-bond donors (Lipinski definition) is 0. The molecule has 4 nitrogen and oxygen atoms in total. The van der Waals surface area contributed by atoms with Crippen molar-refractivity contribution in [2.45, 2.75) is 38.6 Å². The van der Waals surface area contributed by atoms with Crippen LogP contribution in [0.3, 0.4) is 0 Å². The number of methoxy groups -OCH3 is 1. The van der Waals surface area contributed by atoms with Gasteiger partial charge in [0.1, 0.15) is 11.4 Å². The lowest BCUT2D eigenvalue weighted by Gasteiger charge is -2.40. The van der Waals surface area contributed by atoms with Gasteiger partial charge in [-0.25, -0.2) is 0 Å². The number of rotatable bonds is 4. The van der Waals surface area contributed by atoms with Crippen LogP contribution in [0.1, 0.15) is 37.9 Å². The number of piperidine rings is 1. The third-order valence-electron chi connectivity index (χ3n) is 5.70. The van der Waals surface area contributed by atoms with Crippen LogP contribution >= 0.6 is 0 Å². The number of fused-ring (bicyclic) bond motifs is 1. The van der Waals surface area contributed by atoms with Crippen molar-refractivity contribution in [3.05, 3.63) is 36.1 Å². The molecule has 2 atom stereocenters. The van der Waals surface area contributed by atoms with E-state index in [0.717, 1.165) is 41.1 Å². The van der Waals surface area contributed by atoms with Crippen LogP contribution in [-0.4, -0.2) is 30.3 Å². The van der Waals surface area contributed by atoms with Crippen LogP contribution in [0.5, 0.6) is 5.75 Å². The molecule has 0 bridgehead atoms. The Morgan fingerprint density at radius 2 is 1.92 bits per heavy atom. The summed E-state index contributed by atoms with van der Waals surface area (Å²) in [6, 6.07) is 10.0. The van der Waals surface area contributed by atoms with Gasteiger partial charge in [-0.05, 0) is 55.5 Å². The van der Waals surface area contributed by atoms with E-state index in [2.05, 4.69) is 16.1 Å². The van der Waals surface area contributed by atoms with Crippen molar-refractivity contribution in [3.63, 3.8) is 0 Å². The summed E-state index contributed by atoms with van der Waals surface area (Å²) in [6.07, 6.45) is 7.06. The largest absolute Gasteiger partial charge is 0.497 e. The molecule has 0 amide bonds. The molecule has 24 heavy (non-hydrogen) atoms. The summed E-state index contributed by atoms with van der Waals surface area (Å²) in [5, 5.41) is 4.25. The Kier molecular flexibility index (Phi) is 4.56. The molecule has 1 aromatic heterocycles. The fourth-order valence-electron chi connectivity index (χ4n) is 4.33. The molecule has 2 aliphatic rings. The molecule has 1 saturated heterocycles. The van der Waals surface area contributed by atoms with Crippen LogP contribution in [-0.2, 0) is 6.54 Å². The van der Waals surface area contributed by atoms with Gasteiger partial charge in [0.05, 0.1) is 13.7 Å². The molecule has 4 rings (SSSR count). The highest BCUT2D eigenvalue weighted by molar-refractivity contribution is 5.59. The van der Waals surface area contributed by atoms with Gasteiger partial charge in [-0.1, -0.05) is 24.4 Å². The number of ether oxygens (including phenoxy) is 1. The normalized spacial score (nSPS) is 24.5. The number of hydrogen-bond acceptors (Lipinski definition) is 4. The Hall–Kier alpha value is -1.81. The lowest BCUT2D eigenvalue weighted by Crippen LogP contribution is -2.41. The van der Waals surface area contributed by atoms with Crippen molar-refractivity contribution < 1.29 is 9.26 Å². The number of aromatic nitrogens is 1. The quantitative estimate of drug-likeness (QED) is 0.836. The lowest BCUT2D eigenvalue weighted by molar-refractivity contribution is 0.0759. The fraction of sp³-hybridized carbons (Fsp3) is 0.550. The summed E-state index contributed by atoms with van der Waals surface area (Å²) >= 11 is 0. The maximum absolute atomic E-state index is 5.59. The molecular weight excluding hydrogens is 300 g/mol. The van der Waals surface area contributed by atoms with E-state index in [1.165, 1.54) is 45.2 Å². The third kappa shape index (κ3) is 3.34. The maximum atomic E-state index is 5.59. The summed E-state index contributed by atoms with van der Waals surface area (Å²) in [5.41, 5.74) is 1.97. The zero-order chi connectivity index (χ0) is 16.4.